The zero-order chi connectivity index (χ0) is 13.3. The summed E-state index contributed by atoms with van der Waals surface area (Å²) in [5, 5.41) is 2.34. The molecule has 1 heterocycles. The molecule has 0 saturated carbocycles. The van der Waals surface area contributed by atoms with Gasteiger partial charge in [-0.15, -0.1) is 0 Å². The van der Waals surface area contributed by atoms with Crippen molar-refractivity contribution in [2.24, 2.45) is 0 Å². The Balaban J connectivity index is 2.09. The lowest BCUT2D eigenvalue weighted by atomic mass is 10.2. The Labute approximate surface area is 112 Å². The van der Waals surface area contributed by atoms with E-state index in [0.717, 1.165) is 18.6 Å². The number of hydrogen-bond donors (Lipinski definition) is 1. The standard InChI is InChI=1S/C12H12BrF2NO2/c1-6-2-3-11(18-6)12(17)16-10-5-8(14)7(13)4-9(10)15/h4-6,11H,2-3H2,1H3,(H,16,17). The number of nitrogens with one attached hydrogen (secondary N) is 1. The lowest BCUT2D eigenvalue weighted by Gasteiger charge is -2.12. The van der Waals surface area contributed by atoms with Gasteiger partial charge in [0.25, 0.3) is 5.91 Å². The van der Waals surface area contributed by atoms with Crippen LogP contribution in [0.2, 0.25) is 0 Å². The SMILES string of the molecule is CC1CCC(C(=O)Nc2cc(F)c(Br)cc2F)O1. The van der Waals surface area contributed by atoms with Crippen LogP contribution in [0.3, 0.4) is 0 Å². The number of anilines is 1. The summed E-state index contributed by atoms with van der Waals surface area (Å²) in [6.45, 7) is 1.87. The molecule has 0 aliphatic carbocycles. The zero-order valence-electron chi connectivity index (χ0n) is 9.67. The number of benzene rings is 1. The second kappa shape index (κ2) is 5.32. The summed E-state index contributed by atoms with van der Waals surface area (Å²) in [6.07, 6.45) is 0.807. The molecule has 1 aromatic rings. The molecular formula is C12H12BrF2NO2. The summed E-state index contributed by atoms with van der Waals surface area (Å²) >= 11 is 2.87. The van der Waals surface area contributed by atoms with Crippen LogP contribution in [-0.4, -0.2) is 18.1 Å². The van der Waals surface area contributed by atoms with Crippen molar-refractivity contribution in [1.29, 1.82) is 0 Å². The molecule has 1 fully saturated rings. The third-order valence-corrected chi connectivity index (χ3v) is 3.40. The van der Waals surface area contributed by atoms with Gasteiger partial charge in [-0.05, 0) is 41.8 Å². The largest absolute Gasteiger partial charge is 0.365 e. The van der Waals surface area contributed by atoms with E-state index in [0.29, 0.717) is 6.42 Å². The number of hydrogen-bond acceptors (Lipinski definition) is 2. The molecule has 1 saturated heterocycles. The van der Waals surface area contributed by atoms with Gasteiger partial charge in [-0.2, -0.15) is 0 Å². The minimum absolute atomic E-state index is 0.0173. The molecule has 1 aromatic carbocycles. The van der Waals surface area contributed by atoms with Crippen LogP contribution in [0.5, 0.6) is 0 Å². The Hall–Kier alpha value is -1.01. The molecule has 1 amide bonds. The van der Waals surface area contributed by atoms with E-state index in [1.54, 1.807) is 0 Å². The van der Waals surface area contributed by atoms with E-state index in [9.17, 15) is 13.6 Å². The van der Waals surface area contributed by atoms with Gasteiger partial charge in [-0.1, -0.05) is 0 Å². The van der Waals surface area contributed by atoms with Crippen LogP contribution in [0.25, 0.3) is 0 Å². The quantitative estimate of drug-likeness (QED) is 0.850. The number of halogens is 3. The van der Waals surface area contributed by atoms with Crippen molar-refractivity contribution in [1.82, 2.24) is 0 Å². The van der Waals surface area contributed by atoms with Crippen LogP contribution in [0.4, 0.5) is 14.5 Å². The topological polar surface area (TPSA) is 38.3 Å². The minimum Gasteiger partial charge on any atom is -0.365 e. The third kappa shape index (κ3) is 2.87. The predicted molar refractivity (Wildman–Crippen MR) is 66.3 cm³/mol. The van der Waals surface area contributed by atoms with Gasteiger partial charge < -0.3 is 10.1 Å². The van der Waals surface area contributed by atoms with E-state index in [1.165, 1.54) is 0 Å². The summed E-state index contributed by atoms with van der Waals surface area (Å²) in [7, 11) is 0. The van der Waals surface area contributed by atoms with Crippen molar-refractivity contribution in [2.45, 2.75) is 32.0 Å². The van der Waals surface area contributed by atoms with E-state index in [4.69, 9.17) is 4.74 Å². The summed E-state index contributed by atoms with van der Waals surface area (Å²) in [6, 6.07) is 1.92. The van der Waals surface area contributed by atoms with Crippen LogP contribution in [0.15, 0.2) is 16.6 Å². The highest BCUT2D eigenvalue weighted by Gasteiger charge is 2.28. The molecule has 2 rings (SSSR count). The van der Waals surface area contributed by atoms with Gasteiger partial charge in [0, 0.05) is 6.07 Å². The molecule has 0 radical (unpaired) electrons. The third-order valence-electron chi connectivity index (χ3n) is 2.79. The highest BCUT2D eigenvalue weighted by molar-refractivity contribution is 9.10. The van der Waals surface area contributed by atoms with Crippen molar-refractivity contribution >= 4 is 27.5 Å². The molecule has 0 bridgehead atoms. The molecule has 2 atom stereocenters. The summed E-state index contributed by atoms with van der Waals surface area (Å²) in [5.41, 5.74) is -0.177. The maximum Gasteiger partial charge on any atom is 0.253 e. The molecule has 1 N–H and O–H groups in total. The first kappa shape index (κ1) is 13.4. The molecule has 1 aliphatic heterocycles. The lowest BCUT2D eigenvalue weighted by Crippen LogP contribution is -2.28. The summed E-state index contributed by atoms with van der Waals surface area (Å²) < 4.78 is 32.1. The first-order chi connectivity index (χ1) is 8.47. The number of ether oxygens (including phenoxy) is 1. The Morgan fingerprint density at radius 2 is 2.11 bits per heavy atom. The molecular weight excluding hydrogens is 308 g/mol. The number of carbonyl (C=O) groups excluding carboxylic acids is 1. The Kier molecular flexibility index (Phi) is 3.97. The second-order valence-corrected chi connectivity index (χ2v) is 5.10. The predicted octanol–water partition coefficient (Wildman–Crippen LogP) is 3.23. The van der Waals surface area contributed by atoms with Gasteiger partial charge in [-0.3, -0.25) is 4.79 Å². The Morgan fingerprint density at radius 1 is 1.39 bits per heavy atom. The van der Waals surface area contributed by atoms with Crippen LogP contribution in [0, 0.1) is 11.6 Å². The van der Waals surface area contributed by atoms with E-state index in [2.05, 4.69) is 21.2 Å². The molecule has 2 unspecified atom stereocenters. The maximum absolute atomic E-state index is 13.5. The molecule has 0 aromatic heterocycles. The van der Waals surface area contributed by atoms with Crippen LogP contribution in [0.1, 0.15) is 19.8 Å². The fourth-order valence-corrected chi connectivity index (χ4v) is 2.14. The molecule has 6 heteroatoms. The van der Waals surface area contributed by atoms with Gasteiger partial charge >= 0.3 is 0 Å². The summed E-state index contributed by atoms with van der Waals surface area (Å²) in [5.74, 6) is -1.77. The fourth-order valence-electron chi connectivity index (χ4n) is 1.83. The minimum atomic E-state index is -0.692. The Bertz CT molecular complexity index is 481. The van der Waals surface area contributed by atoms with Crippen molar-refractivity contribution in [3.05, 3.63) is 28.2 Å². The lowest BCUT2D eigenvalue weighted by molar-refractivity contribution is -0.126. The highest BCUT2D eigenvalue weighted by Crippen LogP contribution is 2.25. The smallest absolute Gasteiger partial charge is 0.253 e. The first-order valence-electron chi connectivity index (χ1n) is 5.58. The van der Waals surface area contributed by atoms with Crippen molar-refractivity contribution in [3.8, 4) is 0 Å². The zero-order valence-corrected chi connectivity index (χ0v) is 11.3. The van der Waals surface area contributed by atoms with Crippen molar-refractivity contribution in [3.63, 3.8) is 0 Å². The molecule has 0 spiro atoms. The maximum atomic E-state index is 13.5. The van der Waals surface area contributed by atoms with Crippen molar-refractivity contribution < 1.29 is 18.3 Å². The number of amides is 1. The number of rotatable bonds is 2. The molecule has 3 nitrogen and oxygen atoms in total. The average Bonchev–Trinajstić information content (AvgIpc) is 2.73. The van der Waals surface area contributed by atoms with Gasteiger partial charge in [0.15, 0.2) is 0 Å². The van der Waals surface area contributed by atoms with E-state index in [1.807, 2.05) is 6.92 Å². The average molecular weight is 320 g/mol. The van der Waals surface area contributed by atoms with E-state index < -0.39 is 23.6 Å². The van der Waals surface area contributed by atoms with E-state index in [-0.39, 0.29) is 16.3 Å². The highest BCUT2D eigenvalue weighted by atomic mass is 79.9. The second-order valence-electron chi connectivity index (χ2n) is 4.25. The van der Waals surface area contributed by atoms with Gasteiger partial charge in [0.2, 0.25) is 0 Å². The van der Waals surface area contributed by atoms with E-state index >= 15 is 0 Å². The fraction of sp³-hybridized carbons (Fsp3) is 0.417. The Morgan fingerprint density at radius 3 is 2.72 bits per heavy atom. The monoisotopic (exact) mass is 319 g/mol. The van der Waals surface area contributed by atoms with Crippen LogP contribution < -0.4 is 5.32 Å². The molecule has 98 valence electrons. The summed E-state index contributed by atoms with van der Waals surface area (Å²) in [4.78, 5) is 11.8. The normalized spacial score (nSPS) is 23.1. The van der Waals surface area contributed by atoms with Crippen LogP contribution in [-0.2, 0) is 9.53 Å². The molecule has 18 heavy (non-hydrogen) atoms. The van der Waals surface area contributed by atoms with Crippen molar-refractivity contribution in [2.75, 3.05) is 5.32 Å². The molecule has 1 aliphatic rings. The van der Waals surface area contributed by atoms with Crippen LogP contribution >= 0.6 is 15.9 Å². The van der Waals surface area contributed by atoms with Gasteiger partial charge in [0.05, 0.1) is 16.3 Å². The van der Waals surface area contributed by atoms with Gasteiger partial charge in [0.1, 0.15) is 17.7 Å². The number of carbonyl (C=O) groups is 1. The first-order valence-corrected chi connectivity index (χ1v) is 6.37. The van der Waals surface area contributed by atoms with Gasteiger partial charge in [-0.25, -0.2) is 8.78 Å².